The smallest absolute Gasteiger partial charge is 0.418 e. The van der Waals surface area contributed by atoms with E-state index in [-0.39, 0.29) is 24.5 Å². The van der Waals surface area contributed by atoms with Crippen LogP contribution in [0.3, 0.4) is 0 Å². The summed E-state index contributed by atoms with van der Waals surface area (Å²) in [5.41, 5.74) is 0.525. The number of benzene rings is 1. The Hall–Kier alpha value is -2.50. The summed E-state index contributed by atoms with van der Waals surface area (Å²) in [6, 6.07) is 4.38. The summed E-state index contributed by atoms with van der Waals surface area (Å²) in [5, 5.41) is 10.4. The van der Waals surface area contributed by atoms with Crippen molar-refractivity contribution in [2.75, 3.05) is 13.2 Å². The van der Waals surface area contributed by atoms with Crippen molar-refractivity contribution in [2.24, 2.45) is 0 Å². The third kappa shape index (κ3) is 2.32. The lowest BCUT2D eigenvalue weighted by atomic mass is 10.1. The van der Waals surface area contributed by atoms with Crippen LogP contribution in [0.1, 0.15) is 24.2 Å². The quantitative estimate of drug-likeness (QED) is 0.872. The van der Waals surface area contributed by atoms with E-state index in [1.54, 1.807) is 19.9 Å². The Labute approximate surface area is 115 Å². The van der Waals surface area contributed by atoms with E-state index in [1.165, 1.54) is 18.3 Å². The molecule has 2 aromatic rings. The number of nitrogens with zero attached hydrogens (tertiary/aromatic N) is 1. The highest BCUT2D eigenvalue weighted by molar-refractivity contribution is 6.07. The van der Waals surface area contributed by atoms with Gasteiger partial charge in [0.1, 0.15) is 11.3 Å². The molecule has 0 saturated heterocycles. The Morgan fingerprint density at radius 1 is 1.15 bits per heavy atom. The maximum Gasteiger partial charge on any atom is 0.418 e. The second-order valence-corrected chi connectivity index (χ2v) is 4.00. The molecule has 0 fully saturated rings. The molecule has 0 radical (unpaired) electrons. The summed E-state index contributed by atoms with van der Waals surface area (Å²) < 4.78 is 11.0. The molecule has 106 valence electrons. The van der Waals surface area contributed by atoms with Gasteiger partial charge in [0.05, 0.1) is 18.8 Å². The van der Waals surface area contributed by atoms with Gasteiger partial charge in [-0.2, -0.15) is 0 Å². The van der Waals surface area contributed by atoms with Crippen LogP contribution in [0, 0.1) is 0 Å². The lowest BCUT2D eigenvalue weighted by Crippen LogP contribution is -2.12. The number of hydrogen-bond donors (Lipinski definition) is 1. The zero-order valence-corrected chi connectivity index (χ0v) is 11.3. The minimum absolute atomic E-state index is 0.105. The fourth-order valence-electron chi connectivity index (χ4n) is 1.97. The third-order valence-corrected chi connectivity index (χ3v) is 2.79. The second kappa shape index (κ2) is 5.64. The third-order valence-electron chi connectivity index (χ3n) is 2.79. The Kier molecular flexibility index (Phi) is 3.93. The fourth-order valence-corrected chi connectivity index (χ4v) is 1.97. The van der Waals surface area contributed by atoms with E-state index in [4.69, 9.17) is 9.47 Å². The molecule has 0 aliphatic rings. The molecular formula is C14H15NO5. The van der Waals surface area contributed by atoms with Crippen molar-refractivity contribution < 1.29 is 24.2 Å². The van der Waals surface area contributed by atoms with Crippen molar-refractivity contribution in [3.63, 3.8) is 0 Å². The number of rotatable bonds is 3. The summed E-state index contributed by atoms with van der Waals surface area (Å²) in [7, 11) is 0. The maximum absolute atomic E-state index is 11.8. The number of hydrogen-bond acceptors (Lipinski definition) is 5. The van der Waals surface area contributed by atoms with Crippen LogP contribution in [-0.2, 0) is 9.47 Å². The molecule has 6 heteroatoms. The number of aromatic hydroxyl groups is 1. The average Bonchev–Trinajstić information content (AvgIpc) is 2.85. The van der Waals surface area contributed by atoms with E-state index in [0.717, 1.165) is 4.57 Å². The topological polar surface area (TPSA) is 77.8 Å². The van der Waals surface area contributed by atoms with Crippen LogP contribution in [0.2, 0.25) is 0 Å². The van der Waals surface area contributed by atoms with E-state index in [0.29, 0.717) is 10.9 Å². The molecular weight excluding hydrogens is 262 g/mol. The van der Waals surface area contributed by atoms with Gasteiger partial charge in [-0.05, 0) is 32.0 Å². The van der Waals surface area contributed by atoms with Crippen molar-refractivity contribution in [1.29, 1.82) is 0 Å². The number of carbonyl (C=O) groups is 2. The first-order valence-corrected chi connectivity index (χ1v) is 6.27. The first-order chi connectivity index (χ1) is 9.60. The standard InChI is InChI=1S/C14H15NO5/c1-3-19-13(17)10-5-6-11(16)12-9(10)7-8-15(12)14(18)20-4-2/h5-8,16H,3-4H2,1-2H3. The molecule has 6 nitrogen and oxygen atoms in total. The predicted octanol–water partition coefficient (Wildman–Crippen LogP) is 2.53. The highest BCUT2D eigenvalue weighted by Crippen LogP contribution is 2.29. The number of carbonyl (C=O) groups excluding carboxylic acids is 2. The van der Waals surface area contributed by atoms with Crippen molar-refractivity contribution in [3.8, 4) is 5.75 Å². The highest BCUT2D eigenvalue weighted by Gasteiger charge is 2.19. The van der Waals surface area contributed by atoms with Gasteiger partial charge in [-0.25, -0.2) is 14.2 Å². The summed E-state index contributed by atoms with van der Waals surface area (Å²) >= 11 is 0. The van der Waals surface area contributed by atoms with E-state index in [9.17, 15) is 14.7 Å². The van der Waals surface area contributed by atoms with Crippen LogP contribution in [-0.4, -0.2) is 34.9 Å². The molecule has 0 bridgehead atoms. The van der Waals surface area contributed by atoms with Crippen molar-refractivity contribution in [2.45, 2.75) is 13.8 Å². The van der Waals surface area contributed by atoms with E-state index in [2.05, 4.69) is 0 Å². The van der Waals surface area contributed by atoms with Crippen LogP contribution >= 0.6 is 0 Å². The molecule has 1 aromatic heterocycles. The van der Waals surface area contributed by atoms with Gasteiger partial charge < -0.3 is 14.6 Å². The van der Waals surface area contributed by atoms with Crippen molar-refractivity contribution in [3.05, 3.63) is 30.0 Å². The minimum atomic E-state index is -0.612. The summed E-state index contributed by atoms with van der Waals surface area (Å²) in [6.07, 6.45) is 0.837. The molecule has 0 aliphatic heterocycles. The molecule has 1 aromatic carbocycles. The van der Waals surface area contributed by atoms with E-state index >= 15 is 0 Å². The number of phenolic OH excluding ortho intramolecular Hbond substituents is 1. The van der Waals surface area contributed by atoms with Crippen molar-refractivity contribution in [1.82, 2.24) is 4.57 Å². The SMILES string of the molecule is CCOC(=O)c1ccc(O)c2c1ccn2C(=O)OCC. The van der Waals surface area contributed by atoms with Crippen LogP contribution in [0.4, 0.5) is 4.79 Å². The molecule has 0 aliphatic carbocycles. The lowest BCUT2D eigenvalue weighted by Gasteiger charge is -2.07. The van der Waals surface area contributed by atoms with Crippen LogP contribution in [0.25, 0.3) is 10.9 Å². The Morgan fingerprint density at radius 3 is 2.50 bits per heavy atom. The molecule has 0 atom stereocenters. The monoisotopic (exact) mass is 277 g/mol. The van der Waals surface area contributed by atoms with Gasteiger partial charge in [0.15, 0.2) is 0 Å². The summed E-state index contributed by atoms with van der Waals surface area (Å²) in [5.74, 6) is -0.606. The van der Waals surface area contributed by atoms with Gasteiger partial charge >= 0.3 is 12.1 Å². The first kappa shape index (κ1) is 13.9. The second-order valence-electron chi connectivity index (χ2n) is 4.00. The molecule has 0 amide bonds. The number of aromatic nitrogens is 1. The van der Waals surface area contributed by atoms with Crippen molar-refractivity contribution >= 4 is 23.0 Å². The van der Waals surface area contributed by atoms with E-state index in [1.807, 2.05) is 0 Å². The van der Waals surface area contributed by atoms with Gasteiger partial charge in [0.2, 0.25) is 0 Å². The number of esters is 1. The number of fused-ring (bicyclic) bond motifs is 1. The summed E-state index contributed by atoms with van der Waals surface area (Å²) in [4.78, 5) is 23.6. The van der Waals surface area contributed by atoms with Gasteiger partial charge in [-0.3, -0.25) is 0 Å². The van der Waals surface area contributed by atoms with Gasteiger partial charge in [0, 0.05) is 11.6 Å². The van der Waals surface area contributed by atoms with Gasteiger partial charge in [-0.15, -0.1) is 0 Å². The maximum atomic E-state index is 11.8. The Bertz CT molecular complexity index is 659. The fraction of sp³-hybridized carbons (Fsp3) is 0.286. The lowest BCUT2D eigenvalue weighted by molar-refractivity contribution is 0.0528. The largest absolute Gasteiger partial charge is 0.506 e. The molecule has 20 heavy (non-hydrogen) atoms. The zero-order valence-electron chi connectivity index (χ0n) is 11.3. The van der Waals surface area contributed by atoms with Crippen LogP contribution < -0.4 is 0 Å². The molecule has 1 heterocycles. The zero-order chi connectivity index (χ0) is 14.7. The summed E-state index contributed by atoms with van der Waals surface area (Å²) in [6.45, 7) is 3.86. The normalized spacial score (nSPS) is 10.5. The highest BCUT2D eigenvalue weighted by atomic mass is 16.5. The molecule has 1 N–H and O–H groups in total. The molecule has 0 saturated carbocycles. The predicted molar refractivity (Wildman–Crippen MR) is 72.0 cm³/mol. The molecule has 2 rings (SSSR count). The van der Waals surface area contributed by atoms with Crippen LogP contribution in [0.15, 0.2) is 24.4 Å². The molecule has 0 unspecified atom stereocenters. The van der Waals surface area contributed by atoms with E-state index < -0.39 is 12.1 Å². The number of ether oxygens (including phenoxy) is 2. The Balaban J connectivity index is 2.58. The van der Waals surface area contributed by atoms with Gasteiger partial charge in [-0.1, -0.05) is 0 Å². The average molecular weight is 277 g/mol. The number of phenols is 1. The molecule has 0 spiro atoms. The minimum Gasteiger partial charge on any atom is -0.506 e. The van der Waals surface area contributed by atoms with Crippen LogP contribution in [0.5, 0.6) is 5.75 Å². The Morgan fingerprint density at radius 2 is 1.85 bits per heavy atom. The first-order valence-electron chi connectivity index (χ1n) is 6.27. The van der Waals surface area contributed by atoms with Gasteiger partial charge in [0.25, 0.3) is 0 Å².